The van der Waals surface area contributed by atoms with E-state index in [1.807, 2.05) is 0 Å². The molecule has 14 heavy (non-hydrogen) atoms. The lowest BCUT2D eigenvalue weighted by Gasteiger charge is -2.32. The Kier molecular flexibility index (Phi) is 4.08. The Bertz CT molecular complexity index is 302. The number of hydrogen-bond acceptors (Lipinski definition) is 3. The lowest BCUT2D eigenvalue weighted by Crippen LogP contribution is -2.45. The fourth-order valence-electron chi connectivity index (χ4n) is 1.20. The number of hydrogen-bond donors (Lipinski definition) is 1. The van der Waals surface area contributed by atoms with Gasteiger partial charge in [0.1, 0.15) is 0 Å². The van der Waals surface area contributed by atoms with E-state index in [1.54, 1.807) is 20.8 Å². The highest BCUT2D eigenvalue weighted by molar-refractivity contribution is 7.88. The van der Waals surface area contributed by atoms with E-state index in [0.717, 1.165) is 6.26 Å². The van der Waals surface area contributed by atoms with Crippen molar-refractivity contribution < 1.29 is 18.3 Å². The minimum absolute atomic E-state index is 0.0116. The monoisotopic (exact) mass is 223 g/mol. The molecule has 0 aromatic carbocycles. The molecule has 0 atom stereocenters. The Hall–Kier alpha value is -0.620. The van der Waals surface area contributed by atoms with Crippen molar-refractivity contribution in [2.24, 2.45) is 0 Å². The summed E-state index contributed by atoms with van der Waals surface area (Å²) in [5.74, 6) is -0.997. The quantitative estimate of drug-likeness (QED) is 0.754. The topological polar surface area (TPSA) is 74.7 Å². The molecule has 0 fully saturated rings. The molecule has 0 unspecified atom stereocenters. The van der Waals surface area contributed by atoms with Gasteiger partial charge in [-0.05, 0) is 20.8 Å². The average Bonchev–Trinajstić information content (AvgIpc) is 1.78. The fraction of sp³-hybridized carbons (Fsp3) is 0.875. The van der Waals surface area contributed by atoms with E-state index in [1.165, 1.54) is 4.31 Å². The van der Waals surface area contributed by atoms with E-state index >= 15 is 0 Å². The van der Waals surface area contributed by atoms with Crippen LogP contribution < -0.4 is 0 Å². The van der Waals surface area contributed by atoms with Gasteiger partial charge in [0, 0.05) is 12.1 Å². The average molecular weight is 223 g/mol. The molecule has 0 bridgehead atoms. The highest BCUT2D eigenvalue weighted by Crippen LogP contribution is 2.17. The van der Waals surface area contributed by atoms with Crippen molar-refractivity contribution in [3.8, 4) is 0 Å². The molecule has 0 saturated heterocycles. The largest absolute Gasteiger partial charge is 0.481 e. The predicted molar refractivity (Wildman–Crippen MR) is 53.6 cm³/mol. The van der Waals surface area contributed by atoms with E-state index in [2.05, 4.69) is 0 Å². The van der Waals surface area contributed by atoms with Crippen LogP contribution in [0.15, 0.2) is 0 Å². The molecular weight excluding hydrogens is 206 g/mol. The second-order valence-electron chi connectivity index (χ2n) is 4.15. The minimum atomic E-state index is -3.35. The zero-order valence-electron chi connectivity index (χ0n) is 8.94. The lowest BCUT2D eigenvalue weighted by molar-refractivity contribution is -0.137. The molecule has 1 N–H and O–H groups in total. The predicted octanol–water partition coefficient (Wildman–Crippen LogP) is 0.521. The van der Waals surface area contributed by atoms with Crippen molar-refractivity contribution in [1.82, 2.24) is 4.31 Å². The van der Waals surface area contributed by atoms with Crippen molar-refractivity contribution in [3.63, 3.8) is 0 Å². The van der Waals surface area contributed by atoms with Crippen molar-refractivity contribution >= 4 is 16.0 Å². The summed E-state index contributed by atoms with van der Waals surface area (Å²) in [6, 6.07) is 0. The fourth-order valence-corrected chi connectivity index (χ4v) is 2.61. The standard InChI is InChI=1S/C8H17NO4S/c1-8(2,3)9(14(4,12)13)6-5-7(10)11/h5-6H2,1-4H3,(H,10,11). The summed E-state index contributed by atoms with van der Waals surface area (Å²) in [4.78, 5) is 10.3. The zero-order chi connectivity index (χ0) is 11.6. The van der Waals surface area contributed by atoms with Crippen LogP contribution in [0.2, 0.25) is 0 Å². The summed E-state index contributed by atoms with van der Waals surface area (Å²) in [5.41, 5.74) is -0.580. The first-order valence-corrected chi connectivity index (χ1v) is 6.09. The molecule has 0 amide bonds. The van der Waals surface area contributed by atoms with E-state index in [0.29, 0.717) is 0 Å². The molecule has 0 radical (unpaired) electrons. The maximum Gasteiger partial charge on any atom is 0.304 e. The van der Waals surface area contributed by atoms with Crippen LogP contribution in [0, 0.1) is 0 Å². The van der Waals surface area contributed by atoms with Gasteiger partial charge in [0.15, 0.2) is 0 Å². The van der Waals surface area contributed by atoms with Gasteiger partial charge in [0.2, 0.25) is 10.0 Å². The number of aliphatic carboxylic acids is 1. The van der Waals surface area contributed by atoms with Crippen LogP contribution in [0.25, 0.3) is 0 Å². The van der Waals surface area contributed by atoms with Crippen molar-refractivity contribution in [2.45, 2.75) is 32.7 Å². The molecule has 5 nitrogen and oxygen atoms in total. The molecule has 0 rings (SSSR count). The smallest absolute Gasteiger partial charge is 0.304 e. The van der Waals surface area contributed by atoms with E-state index in [9.17, 15) is 13.2 Å². The lowest BCUT2D eigenvalue weighted by atomic mass is 10.1. The number of carbonyl (C=O) groups is 1. The first-order chi connectivity index (χ1) is 6.05. The molecule has 84 valence electrons. The minimum Gasteiger partial charge on any atom is -0.481 e. The van der Waals surface area contributed by atoms with Crippen LogP contribution in [-0.2, 0) is 14.8 Å². The van der Waals surface area contributed by atoms with Crippen LogP contribution in [-0.4, -0.2) is 42.1 Å². The Labute approximate surface area is 84.8 Å². The van der Waals surface area contributed by atoms with Gasteiger partial charge in [-0.1, -0.05) is 0 Å². The molecule has 0 aliphatic carbocycles. The van der Waals surface area contributed by atoms with Gasteiger partial charge in [-0.3, -0.25) is 4.79 Å². The first-order valence-electron chi connectivity index (χ1n) is 4.25. The van der Waals surface area contributed by atoms with Crippen molar-refractivity contribution in [2.75, 3.05) is 12.8 Å². The van der Waals surface area contributed by atoms with Crippen LogP contribution in [0.4, 0.5) is 0 Å². The molecule has 0 spiro atoms. The first kappa shape index (κ1) is 13.4. The van der Waals surface area contributed by atoms with Gasteiger partial charge in [-0.25, -0.2) is 8.42 Å². The summed E-state index contributed by atoms with van der Waals surface area (Å²) in [5, 5.41) is 8.47. The van der Waals surface area contributed by atoms with Crippen molar-refractivity contribution in [1.29, 1.82) is 0 Å². The Balaban J connectivity index is 4.69. The summed E-state index contributed by atoms with van der Waals surface area (Å²) in [7, 11) is -3.35. The van der Waals surface area contributed by atoms with Crippen LogP contribution in [0.5, 0.6) is 0 Å². The van der Waals surface area contributed by atoms with E-state index in [-0.39, 0.29) is 13.0 Å². The van der Waals surface area contributed by atoms with Crippen LogP contribution >= 0.6 is 0 Å². The van der Waals surface area contributed by atoms with Crippen LogP contribution in [0.1, 0.15) is 27.2 Å². The maximum atomic E-state index is 11.3. The molecule has 6 heteroatoms. The summed E-state index contributed by atoms with van der Waals surface area (Å²) >= 11 is 0. The van der Waals surface area contributed by atoms with Gasteiger partial charge < -0.3 is 5.11 Å². The van der Waals surface area contributed by atoms with Gasteiger partial charge in [-0.2, -0.15) is 4.31 Å². The normalized spacial score (nSPS) is 13.2. The highest BCUT2D eigenvalue weighted by Gasteiger charge is 2.29. The molecule has 0 aromatic heterocycles. The van der Waals surface area contributed by atoms with Crippen molar-refractivity contribution in [3.05, 3.63) is 0 Å². The molecule has 0 aliphatic rings. The number of carboxylic acids is 1. The second-order valence-corrected chi connectivity index (χ2v) is 6.06. The van der Waals surface area contributed by atoms with Crippen LogP contribution in [0.3, 0.4) is 0 Å². The molecule has 0 aliphatic heterocycles. The van der Waals surface area contributed by atoms with E-state index in [4.69, 9.17) is 5.11 Å². The highest BCUT2D eigenvalue weighted by atomic mass is 32.2. The maximum absolute atomic E-state index is 11.3. The van der Waals surface area contributed by atoms with Gasteiger partial charge in [-0.15, -0.1) is 0 Å². The Morgan fingerprint density at radius 1 is 1.36 bits per heavy atom. The zero-order valence-corrected chi connectivity index (χ0v) is 9.76. The summed E-state index contributed by atoms with van der Waals surface area (Å²) < 4.78 is 23.8. The number of nitrogens with zero attached hydrogens (tertiary/aromatic N) is 1. The number of carboxylic acid groups (broad SMARTS) is 1. The Morgan fingerprint density at radius 3 is 2.00 bits per heavy atom. The third-order valence-electron chi connectivity index (χ3n) is 1.68. The Morgan fingerprint density at radius 2 is 1.79 bits per heavy atom. The van der Waals surface area contributed by atoms with Gasteiger partial charge in [0.25, 0.3) is 0 Å². The number of rotatable bonds is 4. The van der Waals surface area contributed by atoms with Gasteiger partial charge in [0.05, 0.1) is 12.7 Å². The molecule has 0 heterocycles. The third-order valence-corrected chi connectivity index (χ3v) is 3.21. The second kappa shape index (κ2) is 4.27. The summed E-state index contributed by atoms with van der Waals surface area (Å²) in [6.45, 7) is 5.21. The van der Waals surface area contributed by atoms with Gasteiger partial charge >= 0.3 is 5.97 Å². The van der Waals surface area contributed by atoms with E-state index < -0.39 is 21.5 Å². The third kappa shape index (κ3) is 4.57. The number of sulfonamides is 1. The SMILES string of the molecule is CC(C)(C)N(CCC(=O)O)S(C)(=O)=O. The summed E-state index contributed by atoms with van der Waals surface area (Å²) in [6.07, 6.45) is 0.907. The molecule has 0 saturated carbocycles. The molecule has 0 aromatic rings. The molecular formula is C8H17NO4S.